The number of methoxy groups -OCH3 is 1. The highest BCUT2D eigenvalue weighted by atomic mass is 19.3. The number of alkyl halides is 3. The first-order valence-corrected chi connectivity index (χ1v) is 10.6. The Labute approximate surface area is 202 Å². The summed E-state index contributed by atoms with van der Waals surface area (Å²) in [4.78, 5) is 20.1. The van der Waals surface area contributed by atoms with E-state index in [-0.39, 0.29) is 30.0 Å². The highest BCUT2D eigenvalue weighted by Gasteiger charge is 2.32. The summed E-state index contributed by atoms with van der Waals surface area (Å²) >= 11 is 0. The van der Waals surface area contributed by atoms with Crippen molar-refractivity contribution in [3.63, 3.8) is 0 Å². The van der Waals surface area contributed by atoms with E-state index < -0.39 is 24.0 Å². The van der Waals surface area contributed by atoms with Crippen molar-refractivity contribution in [3.05, 3.63) is 66.1 Å². The number of carbonyl (C=O) groups is 1. The van der Waals surface area contributed by atoms with Gasteiger partial charge in [0.05, 0.1) is 16.7 Å². The fourth-order valence-electron chi connectivity index (χ4n) is 3.39. The minimum Gasteiger partial charge on any atom is -0.457 e. The molecule has 4 aromatic rings. The Balaban J connectivity index is 1.57. The summed E-state index contributed by atoms with van der Waals surface area (Å²) < 4.78 is 66.7. The second kappa shape index (κ2) is 10.2. The molecule has 0 aliphatic heterocycles. The van der Waals surface area contributed by atoms with Gasteiger partial charge in [-0.2, -0.15) is 8.78 Å². The first-order valence-electron chi connectivity index (χ1n) is 10.6. The van der Waals surface area contributed by atoms with E-state index in [4.69, 9.17) is 9.47 Å². The van der Waals surface area contributed by atoms with Gasteiger partial charge in [-0.05, 0) is 36.4 Å². The predicted octanol–water partition coefficient (Wildman–Crippen LogP) is 5.29. The summed E-state index contributed by atoms with van der Waals surface area (Å²) in [7, 11) is 3.06. The van der Waals surface area contributed by atoms with Gasteiger partial charge in [-0.3, -0.25) is 4.79 Å². The molecule has 0 spiro atoms. The van der Waals surface area contributed by atoms with Crippen molar-refractivity contribution in [2.45, 2.75) is 5.92 Å². The van der Waals surface area contributed by atoms with Crippen LogP contribution in [0.25, 0.3) is 11.0 Å². The molecule has 0 bridgehead atoms. The van der Waals surface area contributed by atoms with Gasteiger partial charge in [0.1, 0.15) is 29.7 Å². The molecule has 4 rings (SSSR count). The normalized spacial score (nSPS) is 11.5. The van der Waals surface area contributed by atoms with Gasteiger partial charge in [0.25, 0.3) is 5.91 Å². The van der Waals surface area contributed by atoms with Crippen LogP contribution in [-0.4, -0.2) is 40.8 Å². The van der Waals surface area contributed by atoms with Gasteiger partial charge in [-0.1, -0.05) is 0 Å². The highest BCUT2D eigenvalue weighted by molar-refractivity contribution is 5.90. The molecule has 0 saturated heterocycles. The third-order valence-corrected chi connectivity index (χ3v) is 5.17. The van der Waals surface area contributed by atoms with Gasteiger partial charge in [-0.25, -0.2) is 18.7 Å². The number of hydrogen-bond acceptors (Lipinski definition) is 6. The molecule has 36 heavy (non-hydrogen) atoms. The van der Waals surface area contributed by atoms with Crippen LogP contribution in [0.5, 0.6) is 11.5 Å². The number of aromatic nitrogens is 3. The van der Waals surface area contributed by atoms with Crippen molar-refractivity contribution in [2.75, 3.05) is 31.0 Å². The molecule has 0 unspecified atom stereocenters. The summed E-state index contributed by atoms with van der Waals surface area (Å²) in [5.74, 6) is -3.62. The first-order chi connectivity index (χ1) is 17.2. The molecule has 0 radical (unpaired) electrons. The molecule has 0 fully saturated rings. The standard InChI is InChI=1S/C24H21F4N5O3/c1-33-20-6-4-15(36-16-7-8-29-21(11-16)32-22(34)12-35-2)10-19(20)31-23(33)30-18-9-14(3-5-17(18)26)24(27,28)13-25/h3-11H,12-13H2,1-2H3,(H,30,31)(H,29,32,34). The minimum atomic E-state index is -3.73. The maximum absolute atomic E-state index is 14.3. The number of imidazole rings is 1. The molecular weight excluding hydrogens is 482 g/mol. The molecule has 0 saturated carbocycles. The molecule has 0 aliphatic rings. The Kier molecular flexibility index (Phi) is 7.06. The molecule has 188 valence electrons. The average Bonchev–Trinajstić information content (AvgIpc) is 3.15. The van der Waals surface area contributed by atoms with E-state index in [2.05, 4.69) is 20.6 Å². The molecule has 0 atom stereocenters. The van der Waals surface area contributed by atoms with E-state index in [1.54, 1.807) is 35.9 Å². The summed E-state index contributed by atoms with van der Waals surface area (Å²) in [6.45, 7) is -2.02. The SMILES string of the molecule is COCC(=O)Nc1cc(Oc2ccc3c(c2)nc(Nc2cc(C(F)(F)CF)ccc2F)n3C)ccn1. The van der Waals surface area contributed by atoms with Crippen molar-refractivity contribution < 1.29 is 31.8 Å². The molecule has 1 amide bonds. The van der Waals surface area contributed by atoms with Crippen LogP contribution in [0.15, 0.2) is 54.7 Å². The van der Waals surface area contributed by atoms with Crippen molar-refractivity contribution in [3.8, 4) is 11.5 Å². The lowest BCUT2D eigenvalue weighted by Crippen LogP contribution is -2.17. The van der Waals surface area contributed by atoms with Gasteiger partial charge in [0, 0.05) is 38.1 Å². The number of carbonyl (C=O) groups excluding carboxylic acids is 1. The van der Waals surface area contributed by atoms with Crippen LogP contribution in [0.1, 0.15) is 5.56 Å². The molecule has 0 aliphatic carbocycles. The summed E-state index contributed by atoms with van der Waals surface area (Å²) in [6.07, 6.45) is 1.47. The fraction of sp³-hybridized carbons (Fsp3) is 0.208. The predicted molar refractivity (Wildman–Crippen MR) is 125 cm³/mol. The van der Waals surface area contributed by atoms with Crippen LogP contribution in [0.3, 0.4) is 0 Å². The number of nitrogens with one attached hydrogen (secondary N) is 2. The van der Waals surface area contributed by atoms with E-state index in [1.165, 1.54) is 19.4 Å². The number of hydrogen-bond donors (Lipinski definition) is 2. The molecular formula is C24H21F4N5O3. The largest absolute Gasteiger partial charge is 0.457 e. The summed E-state index contributed by atoms with van der Waals surface area (Å²) in [6, 6.07) is 10.7. The van der Waals surface area contributed by atoms with Crippen LogP contribution < -0.4 is 15.4 Å². The summed E-state index contributed by atoms with van der Waals surface area (Å²) in [5, 5.41) is 5.27. The third kappa shape index (κ3) is 5.38. The Morgan fingerprint density at radius 1 is 1.11 bits per heavy atom. The number of anilines is 3. The maximum atomic E-state index is 14.3. The van der Waals surface area contributed by atoms with Crippen molar-refractivity contribution in [1.82, 2.24) is 14.5 Å². The lowest BCUT2D eigenvalue weighted by atomic mass is 10.1. The molecule has 8 nitrogen and oxygen atoms in total. The van der Waals surface area contributed by atoms with Crippen LogP contribution in [-0.2, 0) is 22.5 Å². The first kappa shape index (κ1) is 24.9. The molecule has 2 heterocycles. The third-order valence-electron chi connectivity index (χ3n) is 5.17. The van der Waals surface area contributed by atoms with E-state index in [0.29, 0.717) is 22.5 Å². The average molecular weight is 503 g/mol. The zero-order valence-electron chi connectivity index (χ0n) is 19.2. The Hall–Kier alpha value is -4.19. The second-order valence-corrected chi connectivity index (χ2v) is 7.76. The van der Waals surface area contributed by atoms with Crippen molar-refractivity contribution in [1.29, 1.82) is 0 Å². The fourth-order valence-corrected chi connectivity index (χ4v) is 3.39. The Morgan fingerprint density at radius 3 is 2.64 bits per heavy atom. The second-order valence-electron chi connectivity index (χ2n) is 7.76. The topological polar surface area (TPSA) is 90.3 Å². The van der Waals surface area contributed by atoms with E-state index in [9.17, 15) is 22.4 Å². The monoisotopic (exact) mass is 503 g/mol. The minimum absolute atomic E-state index is 0.119. The van der Waals surface area contributed by atoms with E-state index in [0.717, 1.165) is 18.2 Å². The van der Waals surface area contributed by atoms with Gasteiger partial charge in [0.2, 0.25) is 5.95 Å². The molecule has 12 heteroatoms. The Bertz CT molecular complexity index is 1410. The van der Waals surface area contributed by atoms with Gasteiger partial charge in [0.15, 0.2) is 6.67 Å². The molecule has 2 N–H and O–H groups in total. The number of amides is 1. The van der Waals surface area contributed by atoms with Crippen molar-refractivity contribution >= 4 is 34.4 Å². The Morgan fingerprint density at radius 2 is 1.89 bits per heavy atom. The number of benzene rings is 2. The van der Waals surface area contributed by atoms with Crippen LogP contribution in [0.2, 0.25) is 0 Å². The van der Waals surface area contributed by atoms with Crippen molar-refractivity contribution in [2.24, 2.45) is 7.05 Å². The number of nitrogens with zero attached hydrogens (tertiary/aromatic N) is 3. The number of ether oxygens (including phenoxy) is 2. The number of halogens is 4. The maximum Gasteiger partial charge on any atom is 0.301 e. The van der Waals surface area contributed by atoms with Crippen LogP contribution in [0.4, 0.5) is 35.0 Å². The number of fused-ring (bicyclic) bond motifs is 1. The van der Waals surface area contributed by atoms with Crippen LogP contribution in [0, 0.1) is 5.82 Å². The lowest BCUT2D eigenvalue weighted by Gasteiger charge is -2.15. The van der Waals surface area contributed by atoms with E-state index >= 15 is 0 Å². The quantitative estimate of drug-likeness (QED) is 0.302. The summed E-state index contributed by atoms with van der Waals surface area (Å²) in [5.41, 5.74) is 0.206. The molecule has 2 aromatic heterocycles. The zero-order chi connectivity index (χ0) is 25.9. The van der Waals surface area contributed by atoms with Gasteiger partial charge < -0.3 is 24.7 Å². The number of rotatable bonds is 9. The number of aryl methyl sites for hydroxylation is 1. The highest BCUT2D eigenvalue weighted by Crippen LogP contribution is 2.33. The molecule has 2 aromatic carbocycles. The zero-order valence-corrected chi connectivity index (χ0v) is 19.2. The lowest BCUT2D eigenvalue weighted by molar-refractivity contribution is -0.119. The van der Waals surface area contributed by atoms with E-state index in [1.807, 2.05) is 0 Å². The number of pyridine rings is 1. The smallest absolute Gasteiger partial charge is 0.301 e. The van der Waals surface area contributed by atoms with Gasteiger partial charge >= 0.3 is 5.92 Å². The van der Waals surface area contributed by atoms with Gasteiger partial charge in [-0.15, -0.1) is 0 Å². The van der Waals surface area contributed by atoms with Crippen LogP contribution >= 0.6 is 0 Å².